The minimum absolute atomic E-state index is 0.0113. The van der Waals surface area contributed by atoms with Crippen LogP contribution >= 0.6 is 11.6 Å². The van der Waals surface area contributed by atoms with Gasteiger partial charge in [0.05, 0.1) is 17.7 Å². The van der Waals surface area contributed by atoms with Gasteiger partial charge in [-0.3, -0.25) is 13.9 Å². The summed E-state index contributed by atoms with van der Waals surface area (Å²) in [5.74, 6) is -0.0772. The van der Waals surface area contributed by atoms with Crippen molar-refractivity contribution in [2.45, 2.75) is 44.7 Å². The molecule has 1 atom stereocenters. The number of methoxy groups -OCH3 is 1. The average Bonchev–Trinajstić information content (AvgIpc) is 3.05. The largest absolute Gasteiger partial charge is 0.497 e. The topological polar surface area (TPSA) is 96.0 Å². The minimum atomic E-state index is -4.23. The first kappa shape index (κ1) is 34.5. The van der Waals surface area contributed by atoms with Crippen molar-refractivity contribution in [3.05, 3.63) is 125 Å². The molecule has 0 aliphatic rings. The van der Waals surface area contributed by atoms with Crippen molar-refractivity contribution >= 4 is 39.1 Å². The first-order valence-corrected chi connectivity index (χ1v) is 16.9. The summed E-state index contributed by atoms with van der Waals surface area (Å²) in [6.45, 7) is 5.70. The van der Waals surface area contributed by atoms with Crippen LogP contribution in [0.4, 0.5) is 5.69 Å². The summed E-state index contributed by atoms with van der Waals surface area (Å²) < 4.78 is 34.9. The molecular weight excluding hydrogens is 622 g/mol. The predicted molar refractivity (Wildman–Crippen MR) is 182 cm³/mol. The Morgan fingerprint density at radius 3 is 2.17 bits per heavy atom. The van der Waals surface area contributed by atoms with Crippen LogP contribution in [-0.4, -0.2) is 51.4 Å². The summed E-state index contributed by atoms with van der Waals surface area (Å²) in [5, 5.41) is 3.39. The number of sulfonamides is 1. The normalized spacial score (nSPS) is 12.0. The number of amides is 2. The molecule has 4 aromatic carbocycles. The monoisotopic (exact) mass is 661 g/mol. The van der Waals surface area contributed by atoms with Crippen LogP contribution in [0.5, 0.6) is 5.75 Å². The van der Waals surface area contributed by atoms with Crippen LogP contribution < -0.4 is 14.4 Å². The van der Waals surface area contributed by atoms with Gasteiger partial charge in [-0.2, -0.15) is 0 Å². The van der Waals surface area contributed by atoms with Crippen molar-refractivity contribution < 1.29 is 22.7 Å². The first-order chi connectivity index (χ1) is 22.0. The van der Waals surface area contributed by atoms with Gasteiger partial charge in [0.25, 0.3) is 10.0 Å². The summed E-state index contributed by atoms with van der Waals surface area (Å²) in [6, 6.07) is 28.6. The van der Waals surface area contributed by atoms with Gasteiger partial charge in [-0.15, -0.1) is 0 Å². The van der Waals surface area contributed by atoms with Gasteiger partial charge >= 0.3 is 0 Å². The van der Waals surface area contributed by atoms with Gasteiger partial charge in [0.2, 0.25) is 11.8 Å². The lowest BCUT2D eigenvalue weighted by Gasteiger charge is -2.34. The van der Waals surface area contributed by atoms with E-state index in [1.54, 1.807) is 50.4 Å². The summed E-state index contributed by atoms with van der Waals surface area (Å²) in [6.07, 6.45) is 0.231. The fraction of sp³-hybridized carbons (Fsp3) is 0.278. The number of rotatable bonds is 14. The van der Waals surface area contributed by atoms with E-state index < -0.39 is 28.5 Å². The minimum Gasteiger partial charge on any atom is -0.497 e. The Labute approximate surface area is 277 Å². The maximum Gasteiger partial charge on any atom is 0.264 e. The molecule has 4 aromatic rings. The number of nitrogens with one attached hydrogen (secondary N) is 1. The average molecular weight is 662 g/mol. The third-order valence-electron chi connectivity index (χ3n) is 7.51. The number of carbonyl (C=O) groups is 2. The number of halogens is 1. The molecule has 8 nitrogen and oxygen atoms in total. The van der Waals surface area contributed by atoms with Gasteiger partial charge in [0.15, 0.2) is 0 Å². The Hall–Kier alpha value is -4.34. The SMILES string of the molecule is COc1cccc(CN(C(=O)CN(c2ccccc2C)S(=O)(=O)c2ccc(Cl)cc2)C(Cc2ccccc2)C(=O)NCC(C)C)c1. The molecule has 0 radical (unpaired) electrons. The van der Waals surface area contributed by atoms with E-state index >= 15 is 0 Å². The van der Waals surface area contributed by atoms with Crippen molar-refractivity contribution in [3.8, 4) is 5.75 Å². The smallest absolute Gasteiger partial charge is 0.264 e. The van der Waals surface area contributed by atoms with Crippen molar-refractivity contribution in [2.24, 2.45) is 5.92 Å². The first-order valence-electron chi connectivity index (χ1n) is 15.1. The number of ether oxygens (including phenoxy) is 1. The molecule has 10 heteroatoms. The number of aryl methyl sites for hydroxylation is 1. The van der Waals surface area contributed by atoms with Gasteiger partial charge in [-0.25, -0.2) is 8.42 Å². The molecule has 0 saturated carbocycles. The lowest BCUT2D eigenvalue weighted by molar-refractivity contribution is -0.140. The molecule has 0 aliphatic heterocycles. The number of hydrogen-bond acceptors (Lipinski definition) is 5. The maximum absolute atomic E-state index is 14.6. The highest BCUT2D eigenvalue weighted by atomic mass is 35.5. The van der Waals surface area contributed by atoms with E-state index in [0.717, 1.165) is 15.4 Å². The standard InChI is InChI=1S/C36H40ClN3O5S/c1-26(2)23-38-36(42)34(22-28-12-6-5-7-13-28)39(24-29-14-10-15-31(21-29)45-4)35(41)25-40(33-16-9-8-11-27(33)3)46(43,44)32-19-17-30(37)18-20-32/h5-21,26,34H,22-25H2,1-4H3,(H,38,42). The third-order valence-corrected chi connectivity index (χ3v) is 9.53. The molecule has 4 rings (SSSR count). The zero-order valence-corrected chi connectivity index (χ0v) is 28.1. The molecule has 0 heterocycles. The van der Waals surface area contributed by atoms with Crippen molar-refractivity contribution in [3.63, 3.8) is 0 Å². The van der Waals surface area contributed by atoms with Gasteiger partial charge in [-0.05, 0) is 72.0 Å². The lowest BCUT2D eigenvalue weighted by Crippen LogP contribution is -2.53. The van der Waals surface area contributed by atoms with Crippen LogP contribution in [0.1, 0.15) is 30.5 Å². The second kappa shape index (κ2) is 15.8. The van der Waals surface area contributed by atoms with Crippen molar-refractivity contribution in [1.82, 2.24) is 10.2 Å². The van der Waals surface area contributed by atoms with Crippen LogP contribution in [0.15, 0.2) is 108 Å². The fourth-order valence-electron chi connectivity index (χ4n) is 5.03. The molecule has 0 saturated heterocycles. The number of hydrogen-bond donors (Lipinski definition) is 1. The van der Waals surface area contributed by atoms with Gasteiger partial charge < -0.3 is 15.0 Å². The van der Waals surface area contributed by atoms with Crippen molar-refractivity contribution in [1.29, 1.82) is 0 Å². The van der Waals surface area contributed by atoms with E-state index in [2.05, 4.69) is 5.32 Å². The van der Waals surface area contributed by atoms with Crippen molar-refractivity contribution in [2.75, 3.05) is 24.5 Å². The molecule has 0 aliphatic carbocycles. The quantitative estimate of drug-likeness (QED) is 0.172. The molecule has 1 N–H and O–H groups in total. The maximum atomic E-state index is 14.6. The van der Waals surface area contributed by atoms with E-state index in [-0.39, 0.29) is 29.7 Å². The second-order valence-electron chi connectivity index (χ2n) is 11.5. The molecule has 242 valence electrons. The summed E-state index contributed by atoms with van der Waals surface area (Å²) in [5.41, 5.74) is 2.62. The predicted octanol–water partition coefficient (Wildman–Crippen LogP) is 6.26. The van der Waals surface area contributed by atoms with Crippen LogP contribution in [0.25, 0.3) is 0 Å². The van der Waals surface area contributed by atoms with Gasteiger partial charge in [-0.1, -0.05) is 86.1 Å². The van der Waals surface area contributed by atoms with Crippen LogP contribution in [0, 0.1) is 12.8 Å². The number of benzene rings is 4. The summed E-state index contributed by atoms with van der Waals surface area (Å²) in [4.78, 5) is 29.9. The second-order valence-corrected chi connectivity index (χ2v) is 13.8. The van der Waals surface area contributed by atoms with Crippen LogP contribution in [-0.2, 0) is 32.6 Å². The Bertz CT molecular complexity index is 1730. The third kappa shape index (κ3) is 8.89. The molecule has 0 aromatic heterocycles. The molecule has 1 unspecified atom stereocenters. The van der Waals surface area contributed by atoms with E-state index in [4.69, 9.17) is 16.3 Å². The van der Waals surface area contributed by atoms with Crippen LogP contribution in [0.3, 0.4) is 0 Å². The van der Waals surface area contributed by atoms with Gasteiger partial charge in [0, 0.05) is 24.5 Å². The van der Waals surface area contributed by atoms with Gasteiger partial charge in [0.1, 0.15) is 18.3 Å². The summed E-state index contributed by atoms with van der Waals surface area (Å²) >= 11 is 6.07. The zero-order valence-electron chi connectivity index (χ0n) is 26.5. The Kier molecular flexibility index (Phi) is 11.8. The Morgan fingerprint density at radius 1 is 0.870 bits per heavy atom. The fourth-order valence-corrected chi connectivity index (χ4v) is 6.64. The molecule has 0 fully saturated rings. The number of nitrogens with zero attached hydrogens (tertiary/aromatic N) is 2. The van der Waals surface area contributed by atoms with E-state index in [9.17, 15) is 18.0 Å². The van der Waals surface area contributed by atoms with E-state index in [1.807, 2.05) is 56.3 Å². The molecule has 2 amide bonds. The molecule has 0 spiro atoms. The number of para-hydroxylation sites is 1. The Morgan fingerprint density at radius 2 is 1.52 bits per heavy atom. The Balaban J connectivity index is 1.82. The summed E-state index contributed by atoms with van der Waals surface area (Å²) in [7, 11) is -2.67. The number of carbonyl (C=O) groups excluding carboxylic acids is 2. The molecule has 46 heavy (non-hydrogen) atoms. The molecular formula is C36H40ClN3O5S. The molecule has 0 bridgehead atoms. The lowest BCUT2D eigenvalue weighted by atomic mass is 10.0. The van der Waals surface area contributed by atoms with Crippen LogP contribution in [0.2, 0.25) is 5.02 Å². The zero-order chi connectivity index (χ0) is 33.3. The number of anilines is 1. The highest BCUT2D eigenvalue weighted by Gasteiger charge is 2.35. The van der Waals surface area contributed by atoms with E-state index in [0.29, 0.717) is 28.6 Å². The highest BCUT2D eigenvalue weighted by Crippen LogP contribution is 2.28. The highest BCUT2D eigenvalue weighted by molar-refractivity contribution is 7.92. The van der Waals surface area contributed by atoms with E-state index in [1.165, 1.54) is 29.2 Å².